The molecular formula is C13H20N4O. The van der Waals surface area contributed by atoms with Gasteiger partial charge < -0.3 is 16.8 Å². The van der Waals surface area contributed by atoms with Crippen LogP contribution in [0, 0.1) is 19.8 Å². The number of pyridine rings is 1. The summed E-state index contributed by atoms with van der Waals surface area (Å²) in [6, 6.07) is 2.07. The first-order valence-corrected chi connectivity index (χ1v) is 6.27. The van der Waals surface area contributed by atoms with Crippen LogP contribution in [-0.2, 0) is 0 Å². The van der Waals surface area contributed by atoms with Crippen molar-refractivity contribution in [3.63, 3.8) is 0 Å². The van der Waals surface area contributed by atoms with Gasteiger partial charge in [-0.15, -0.1) is 0 Å². The van der Waals surface area contributed by atoms with Crippen LogP contribution in [0.5, 0.6) is 0 Å². The summed E-state index contributed by atoms with van der Waals surface area (Å²) in [6.07, 6.45) is 2.40. The van der Waals surface area contributed by atoms with Crippen molar-refractivity contribution < 1.29 is 4.79 Å². The predicted octanol–water partition coefficient (Wildman–Crippen LogP) is 0.947. The van der Waals surface area contributed by atoms with Gasteiger partial charge in [0.2, 0.25) is 0 Å². The van der Waals surface area contributed by atoms with E-state index in [1.54, 1.807) is 6.92 Å². The molecule has 0 aromatic carbocycles. The standard InChI is InChI=1S/C13H20N4O/c1-7-5-10(12(13(15)18)8(2)16-7)17-11(6-14)9-3-4-9/h5,9,11H,3-4,6,14H2,1-2H3,(H2,15,18)(H,16,17). The van der Waals surface area contributed by atoms with E-state index in [0.29, 0.717) is 23.7 Å². The fourth-order valence-corrected chi connectivity index (χ4v) is 2.32. The number of carbonyl (C=O) groups excluding carboxylic acids is 1. The topological polar surface area (TPSA) is 94.0 Å². The van der Waals surface area contributed by atoms with Crippen LogP contribution in [0.4, 0.5) is 5.69 Å². The third-order valence-electron chi connectivity index (χ3n) is 3.36. The van der Waals surface area contributed by atoms with Crippen LogP contribution < -0.4 is 16.8 Å². The zero-order chi connectivity index (χ0) is 13.3. The van der Waals surface area contributed by atoms with Crippen LogP contribution in [0.15, 0.2) is 6.07 Å². The lowest BCUT2D eigenvalue weighted by atomic mass is 10.1. The third-order valence-corrected chi connectivity index (χ3v) is 3.36. The molecule has 1 fully saturated rings. The smallest absolute Gasteiger partial charge is 0.252 e. The van der Waals surface area contributed by atoms with E-state index in [2.05, 4.69) is 10.3 Å². The van der Waals surface area contributed by atoms with Crippen LogP contribution in [0.2, 0.25) is 0 Å². The predicted molar refractivity (Wildman–Crippen MR) is 71.4 cm³/mol. The number of nitrogens with zero attached hydrogens (tertiary/aromatic N) is 1. The number of hydrogen-bond acceptors (Lipinski definition) is 4. The molecule has 5 nitrogen and oxygen atoms in total. The lowest BCUT2D eigenvalue weighted by Crippen LogP contribution is -2.32. The van der Waals surface area contributed by atoms with Gasteiger partial charge in [0.25, 0.3) is 5.91 Å². The molecule has 0 bridgehead atoms. The van der Waals surface area contributed by atoms with Crippen LogP contribution in [-0.4, -0.2) is 23.5 Å². The summed E-state index contributed by atoms with van der Waals surface area (Å²) in [7, 11) is 0. The molecule has 2 rings (SSSR count). The molecule has 1 atom stereocenters. The van der Waals surface area contributed by atoms with Crippen molar-refractivity contribution in [3.05, 3.63) is 23.0 Å². The van der Waals surface area contributed by atoms with Gasteiger partial charge in [-0.2, -0.15) is 0 Å². The Bertz CT molecular complexity index is 468. The molecule has 1 unspecified atom stereocenters. The second-order valence-corrected chi connectivity index (χ2v) is 4.96. The molecule has 0 spiro atoms. The highest BCUT2D eigenvalue weighted by molar-refractivity contribution is 5.99. The minimum atomic E-state index is -0.450. The number of rotatable bonds is 5. The molecule has 5 heteroatoms. The number of anilines is 1. The Morgan fingerprint density at radius 2 is 2.22 bits per heavy atom. The molecule has 1 saturated carbocycles. The minimum Gasteiger partial charge on any atom is -0.380 e. The van der Waals surface area contributed by atoms with Gasteiger partial charge in [0.1, 0.15) is 0 Å². The molecule has 98 valence electrons. The summed E-state index contributed by atoms with van der Waals surface area (Å²) < 4.78 is 0. The van der Waals surface area contributed by atoms with Gasteiger partial charge in [-0.3, -0.25) is 9.78 Å². The number of aromatic nitrogens is 1. The van der Waals surface area contributed by atoms with Gasteiger partial charge in [-0.1, -0.05) is 0 Å². The molecule has 18 heavy (non-hydrogen) atoms. The molecule has 5 N–H and O–H groups in total. The summed E-state index contributed by atoms with van der Waals surface area (Å²) >= 11 is 0. The van der Waals surface area contributed by atoms with E-state index in [4.69, 9.17) is 11.5 Å². The Kier molecular flexibility index (Phi) is 3.52. The first-order valence-electron chi connectivity index (χ1n) is 6.27. The normalized spacial score (nSPS) is 16.4. The van der Waals surface area contributed by atoms with E-state index in [1.165, 1.54) is 12.8 Å². The minimum absolute atomic E-state index is 0.212. The molecule has 1 aliphatic carbocycles. The van der Waals surface area contributed by atoms with E-state index >= 15 is 0 Å². The van der Waals surface area contributed by atoms with Crippen molar-refractivity contribution in [2.24, 2.45) is 17.4 Å². The number of carbonyl (C=O) groups is 1. The van der Waals surface area contributed by atoms with Crippen LogP contribution in [0.1, 0.15) is 34.6 Å². The Balaban J connectivity index is 2.32. The number of primary amides is 1. The second kappa shape index (κ2) is 4.94. The number of nitrogens with two attached hydrogens (primary N) is 2. The van der Waals surface area contributed by atoms with Crippen molar-refractivity contribution in [3.8, 4) is 0 Å². The Hall–Kier alpha value is -1.62. The molecule has 1 amide bonds. The zero-order valence-electron chi connectivity index (χ0n) is 10.9. The van der Waals surface area contributed by atoms with Crippen molar-refractivity contribution in [1.29, 1.82) is 0 Å². The third kappa shape index (κ3) is 2.61. The highest BCUT2D eigenvalue weighted by atomic mass is 16.1. The SMILES string of the molecule is Cc1cc(NC(CN)C2CC2)c(C(N)=O)c(C)n1. The highest BCUT2D eigenvalue weighted by Gasteiger charge is 2.31. The summed E-state index contributed by atoms with van der Waals surface area (Å²) in [5.74, 6) is 0.165. The van der Waals surface area contributed by atoms with Crippen molar-refractivity contribution >= 4 is 11.6 Å². The number of nitrogens with one attached hydrogen (secondary N) is 1. The molecule has 1 aromatic heterocycles. The second-order valence-electron chi connectivity index (χ2n) is 4.96. The van der Waals surface area contributed by atoms with E-state index in [-0.39, 0.29) is 6.04 Å². The van der Waals surface area contributed by atoms with E-state index < -0.39 is 5.91 Å². The molecule has 0 saturated heterocycles. The van der Waals surface area contributed by atoms with Gasteiger partial charge in [-0.25, -0.2) is 0 Å². The van der Waals surface area contributed by atoms with Crippen molar-refractivity contribution in [2.75, 3.05) is 11.9 Å². The van der Waals surface area contributed by atoms with E-state index in [9.17, 15) is 4.79 Å². The van der Waals surface area contributed by atoms with Crippen LogP contribution in [0.3, 0.4) is 0 Å². The maximum Gasteiger partial charge on any atom is 0.252 e. The summed E-state index contributed by atoms with van der Waals surface area (Å²) in [4.78, 5) is 15.8. The van der Waals surface area contributed by atoms with Crippen molar-refractivity contribution in [2.45, 2.75) is 32.7 Å². The van der Waals surface area contributed by atoms with Crippen LogP contribution in [0.25, 0.3) is 0 Å². The number of amides is 1. The van der Waals surface area contributed by atoms with Crippen LogP contribution >= 0.6 is 0 Å². The molecule has 0 radical (unpaired) electrons. The lowest BCUT2D eigenvalue weighted by Gasteiger charge is -2.20. The monoisotopic (exact) mass is 248 g/mol. The molecule has 1 aromatic rings. The lowest BCUT2D eigenvalue weighted by molar-refractivity contribution is 0.1000. The molecule has 1 heterocycles. The highest BCUT2D eigenvalue weighted by Crippen LogP contribution is 2.34. The zero-order valence-corrected chi connectivity index (χ0v) is 10.9. The van der Waals surface area contributed by atoms with Gasteiger partial charge in [0.15, 0.2) is 0 Å². The quantitative estimate of drug-likeness (QED) is 0.723. The number of hydrogen-bond donors (Lipinski definition) is 3. The molecular weight excluding hydrogens is 228 g/mol. The van der Waals surface area contributed by atoms with E-state index in [1.807, 2.05) is 13.0 Å². The first-order chi connectivity index (χ1) is 8.52. The Labute approximate surface area is 107 Å². The summed E-state index contributed by atoms with van der Waals surface area (Å²) in [5.41, 5.74) is 14.0. The van der Waals surface area contributed by atoms with Gasteiger partial charge in [0, 0.05) is 18.3 Å². The average Bonchev–Trinajstić information content (AvgIpc) is 3.07. The number of aryl methyl sites for hydroxylation is 2. The fraction of sp³-hybridized carbons (Fsp3) is 0.538. The largest absolute Gasteiger partial charge is 0.380 e. The maximum atomic E-state index is 11.5. The summed E-state index contributed by atoms with van der Waals surface area (Å²) in [6.45, 7) is 4.26. The van der Waals surface area contributed by atoms with Gasteiger partial charge in [-0.05, 0) is 38.7 Å². The summed E-state index contributed by atoms with van der Waals surface area (Å²) in [5, 5.41) is 3.36. The van der Waals surface area contributed by atoms with Crippen molar-refractivity contribution in [1.82, 2.24) is 4.98 Å². The maximum absolute atomic E-state index is 11.5. The van der Waals surface area contributed by atoms with E-state index in [0.717, 1.165) is 11.4 Å². The van der Waals surface area contributed by atoms with Gasteiger partial charge in [0.05, 0.1) is 16.9 Å². The molecule has 0 aliphatic heterocycles. The Morgan fingerprint density at radius 3 is 2.72 bits per heavy atom. The molecule has 1 aliphatic rings. The Morgan fingerprint density at radius 1 is 1.56 bits per heavy atom. The fourth-order valence-electron chi connectivity index (χ4n) is 2.32. The first kappa shape index (κ1) is 12.8. The average molecular weight is 248 g/mol. The van der Waals surface area contributed by atoms with Gasteiger partial charge >= 0.3 is 0 Å².